The predicted molar refractivity (Wildman–Crippen MR) is 78.5 cm³/mol. The standard InChI is InChI=1S/C14H16BrClFNO/c15-8-3-9-18(10-4-1-5-10)14(19)13-11(16)6-2-7-12(13)17/h2,6-7,10H,1,3-5,8-9H2. The van der Waals surface area contributed by atoms with E-state index in [1.165, 1.54) is 12.1 Å². The molecule has 1 aromatic rings. The predicted octanol–water partition coefficient (Wildman–Crippen LogP) is 4.26. The third-order valence-corrected chi connectivity index (χ3v) is 4.36. The van der Waals surface area contributed by atoms with Crippen molar-refractivity contribution < 1.29 is 9.18 Å². The zero-order valence-corrected chi connectivity index (χ0v) is 12.9. The highest BCUT2D eigenvalue weighted by Gasteiger charge is 2.31. The summed E-state index contributed by atoms with van der Waals surface area (Å²) in [5.74, 6) is -0.825. The second-order valence-electron chi connectivity index (χ2n) is 4.72. The van der Waals surface area contributed by atoms with Crippen molar-refractivity contribution >= 4 is 33.4 Å². The number of halogens is 3. The van der Waals surface area contributed by atoms with Gasteiger partial charge >= 0.3 is 0 Å². The highest BCUT2D eigenvalue weighted by Crippen LogP contribution is 2.29. The lowest BCUT2D eigenvalue weighted by atomic mass is 9.90. The van der Waals surface area contributed by atoms with Crippen molar-refractivity contribution in [2.24, 2.45) is 0 Å². The van der Waals surface area contributed by atoms with Gasteiger partial charge in [-0.25, -0.2) is 4.39 Å². The zero-order chi connectivity index (χ0) is 13.8. The van der Waals surface area contributed by atoms with Crippen LogP contribution in [0.1, 0.15) is 36.0 Å². The van der Waals surface area contributed by atoms with Crippen molar-refractivity contribution in [3.05, 3.63) is 34.6 Å². The Labute approximate surface area is 126 Å². The number of amides is 1. The molecule has 1 amide bonds. The Morgan fingerprint density at radius 3 is 2.74 bits per heavy atom. The molecule has 0 aromatic heterocycles. The molecule has 0 radical (unpaired) electrons. The van der Waals surface area contributed by atoms with E-state index in [0.29, 0.717) is 6.54 Å². The summed E-state index contributed by atoms with van der Waals surface area (Å²) in [5.41, 5.74) is 0.00522. The van der Waals surface area contributed by atoms with E-state index in [1.807, 2.05) is 0 Å². The number of carbonyl (C=O) groups is 1. The quantitative estimate of drug-likeness (QED) is 0.728. The van der Waals surface area contributed by atoms with Crippen molar-refractivity contribution in [2.75, 3.05) is 11.9 Å². The minimum absolute atomic E-state index is 0.00522. The Hall–Kier alpha value is -0.610. The molecular formula is C14H16BrClFNO. The molecular weight excluding hydrogens is 333 g/mol. The monoisotopic (exact) mass is 347 g/mol. The summed E-state index contributed by atoms with van der Waals surface area (Å²) in [6.45, 7) is 0.638. The van der Waals surface area contributed by atoms with Gasteiger partial charge in [-0.15, -0.1) is 0 Å². The first kappa shape index (κ1) is 14.8. The summed E-state index contributed by atoms with van der Waals surface area (Å²) in [5, 5.41) is 1.02. The van der Waals surface area contributed by atoms with Crippen LogP contribution < -0.4 is 0 Å². The summed E-state index contributed by atoms with van der Waals surface area (Å²) in [7, 11) is 0. The Morgan fingerprint density at radius 2 is 2.21 bits per heavy atom. The molecule has 2 nitrogen and oxygen atoms in total. The Bertz CT molecular complexity index is 445. The molecule has 0 unspecified atom stereocenters. The van der Waals surface area contributed by atoms with E-state index in [9.17, 15) is 9.18 Å². The van der Waals surface area contributed by atoms with Gasteiger partial charge in [-0.05, 0) is 37.8 Å². The molecule has 0 N–H and O–H groups in total. The third-order valence-electron chi connectivity index (χ3n) is 3.49. The number of rotatable bonds is 5. The zero-order valence-electron chi connectivity index (χ0n) is 10.5. The van der Waals surface area contributed by atoms with Gasteiger partial charge in [-0.3, -0.25) is 4.79 Å². The molecule has 2 rings (SSSR count). The van der Waals surface area contributed by atoms with Gasteiger partial charge in [0.05, 0.1) is 10.6 Å². The average Bonchev–Trinajstić information content (AvgIpc) is 2.31. The maximum Gasteiger partial charge on any atom is 0.258 e. The van der Waals surface area contributed by atoms with Crippen LogP contribution in [0.15, 0.2) is 18.2 Å². The Kier molecular flexibility index (Phi) is 5.22. The number of alkyl halides is 1. The van der Waals surface area contributed by atoms with Crippen LogP contribution in [0.5, 0.6) is 0 Å². The van der Waals surface area contributed by atoms with Gasteiger partial charge < -0.3 is 4.90 Å². The van der Waals surface area contributed by atoms with Gasteiger partial charge in [-0.2, -0.15) is 0 Å². The second-order valence-corrected chi connectivity index (χ2v) is 5.92. The van der Waals surface area contributed by atoms with Gasteiger partial charge in [0, 0.05) is 17.9 Å². The highest BCUT2D eigenvalue weighted by atomic mass is 79.9. The lowest BCUT2D eigenvalue weighted by molar-refractivity contribution is 0.0576. The van der Waals surface area contributed by atoms with Crippen molar-refractivity contribution in [3.63, 3.8) is 0 Å². The topological polar surface area (TPSA) is 20.3 Å². The molecule has 5 heteroatoms. The van der Waals surface area contributed by atoms with E-state index in [-0.39, 0.29) is 22.5 Å². The lowest BCUT2D eigenvalue weighted by Crippen LogP contribution is -2.45. The molecule has 0 aliphatic heterocycles. The number of carbonyl (C=O) groups excluding carboxylic acids is 1. The largest absolute Gasteiger partial charge is 0.336 e. The van der Waals surface area contributed by atoms with Crippen LogP contribution in [0, 0.1) is 5.82 Å². The summed E-state index contributed by atoms with van der Waals surface area (Å²) >= 11 is 9.33. The van der Waals surface area contributed by atoms with Crippen LogP contribution in [0.2, 0.25) is 5.02 Å². The maximum atomic E-state index is 13.8. The third kappa shape index (κ3) is 3.29. The van der Waals surface area contributed by atoms with Crippen molar-refractivity contribution in [1.82, 2.24) is 4.90 Å². The van der Waals surface area contributed by atoms with Gasteiger partial charge in [0.25, 0.3) is 5.91 Å². The van der Waals surface area contributed by atoms with Crippen LogP contribution in [0.25, 0.3) is 0 Å². The smallest absolute Gasteiger partial charge is 0.258 e. The molecule has 0 heterocycles. The normalized spacial score (nSPS) is 15.1. The van der Waals surface area contributed by atoms with Crippen LogP contribution in [0.4, 0.5) is 4.39 Å². The van der Waals surface area contributed by atoms with E-state index in [4.69, 9.17) is 11.6 Å². The minimum atomic E-state index is -0.541. The van der Waals surface area contributed by atoms with Gasteiger partial charge in [0.2, 0.25) is 0 Å². The van der Waals surface area contributed by atoms with Gasteiger partial charge in [0.15, 0.2) is 0 Å². The van der Waals surface area contributed by atoms with Crippen LogP contribution in [0.3, 0.4) is 0 Å². The first-order valence-corrected chi connectivity index (χ1v) is 7.96. The molecule has 1 fully saturated rings. The summed E-state index contributed by atoms with van der Waals surface area (Å²) in [6.07, 6.45) is 3.99. The molecule has 1 saturated carbocycles. The SMILES string of the molecule is O=C(c1c(F)cccc1Cl)N(CCCBr)C1CCC1. The van der Waals surface area contributed by atoms with E-state index in [0.717, 1.165) is 31.0 Å². The maximum absolute atomic E-state index is 13.8. The molecule has 1 aliphatic rings. The first-order valence-electron chi connectivity index (χ1n) is 6.46. The van der Waals surface area contributed by atoms with Crippen LogP contribution >= 0.6 is 27.5 Å². The number of hydrogen-bond acceptors (Lipinski definition) is 1. The Morgan fingerprint density at radius 1 is 1.47 bits per heavy atom. The van der Waals surface area contributed by atoms with E-state index < -0.39 is 5.82 Å². The molecule has 0 bridgehead atoms. The molecule has 1 aromatic carbocycles. The van der Waals surface area contributed by atoms with E-state index in [1.54, 1.807) is 11.0 Å². The van der Waals surface area contributed by atoms with Crippen molar-refractivity contribution in [1.29, 1.82) is 0 Å². The number of hydrogen-bond donors (Lipinski definition) is 0. The minimum Gasteiger partial charge on any atom is -0.336 e. The fourth-order valence-corrected chi connectivity index (χ4v) is 2.72. The van der Waals surface area contributed by atoms with Gasteiger partial charge in [-0.1, -0.05) is 33.6 Å². The molecule has 19 heavy (non-hydrogen) atoms. The fraction of sp³-hybridized carbons (Fsp3) is 0.500. The van der Waals surface area contributed by atoms with Crippen molar-refractivity contribution in [2.45, 2.75) is 31.7 Å². The molecule has 0 spiro atoms. The molecule has 1 aliphatic carbocycles. The van der Waals surface area contributed by atoms with Gasteiger partial charge in [0.1, 0.15) is 5.82 Å². The molecule has 104 valence electrons. The second kappa shape index (κ2) is 6.71. The molecule has 0 atom stereocenters. The first-order chi connectivity index (χ1) is 9.15. The fourth-order valence-electron chi connectivity index (χ4n) is 2.22. The molecule has 0 saturated heterocycles. The summed E-state index contributed by atoms with van der Waals surface area (Å²) < 4.78 is 13.8. The van der Waals surface area contributed by atoms with Crippen LogP contribution in [-0.4, -0.2) is 28.7 Å². The average molecular weight is 349 g/mol. The van der Waals surface area contributed by atoms with Crippen molar-refractivity contribution in [3.8, 4) is 0 Å². The van der Waals surface area contributed by atoms with Crippen LogP contribution in [-0.2, 0) is 0 Å². The summed E-state index contributed by atoms with van der Waals surface area (Å²) in [4.78, 5) is 14.3. The van der Waals surface area contributed by atoms with E-state index >= 15 is 0 Å². The number of nitrogens with zero attached hydrogens (tertiary/aromatic N) is 1. The number of benzene rings is 1. The summed E-state index contributed by atoms with van der Waals surface area (Å²) in [6, 6.07) is 4.59. The lowest BCUT2D eigenvalue weighted by Gasteiger charge is -2.37. The Balaban J connectivity index is 2.22. The van der Waals surface area contributed by atoms with E-state index in [2.05, 4.69) is 15.9 Å². The highest BCUT2D eigenvalue weighted by molar-refractivity contribution is 9.09.